The number of aryl methyl sites for hydroxylation is 1. The summed E-state index contributed by atoms with van der Waals surface area (Å²) in [5, 5.41) is 8.90. The second-order valence-electron chi connectivity index (χ2n) is 7.26. The van der Waals surface area contributed by atoms with Gasteiger partial charge in [-0.15, -0.1) is 0 Å². The Labute approximate surface area is 180 Å². The van der Waals surface area contributed by atoms with Crippen LogP contribution in [-0.4, -0.2) is 34.5 Å². The fourth-order valence-electron chi connectivity index (χ4n) is 3.41. The molecule has 0 saturated heterocycles. The molecular formula is C22H16F3N7. The van der Waals surface area contributed by atoms with Crippen LogP contribution in [0.5, 0.6) is 0 Å². The zero-order chi connectivity index (χ0) is 22.3. The molecule has 0 spiro atoms. The molecule has 0 bridgehead atoms. The lowest BCUT2D eigenvalue weighted by Gasteiger charge is -2.08. The first-order valence-electron chi connectivity index (χ1n) is 9.70. The van der Waals surface area contributed by atoms with Gasteiger partial charge in [0.2, 0.25) is 0 Å². The average Bonchev–Trinajstić information content (AvgIpc) is 3.38. The van der Waals surface area contributed by atoms with Crippen molar-refractivity contribution in [2.24, 2.45) is 0 Å². The number of rotatable bonds is 4. The van der Waals surface area contributed by atoms with Gasteiger partial charge in [0.1, 0.15) is 0 Å². The summed E-state index contributed by atoms with van der Waals surface area (Å²) in [5.41, 5.74) is 2.45. The first-order valence-corrected chi connectivity index (χ1v) is 9.70. The summed E-state index contributed by atoms with van der Waals surface area (Å²) in [6.45, 7) is 2.03. The van der Waals surface area contributed by atoms with Gasteiger partial charge < -0.3 is 0 Å². The summed E-state index contributed by atoms with van der Waals surface area (Å²) < 4.78 is 41.9. The van der Waals surface area contributed by atoms with Gasteiger partial charge in [-0.05, 0) is 42.8 Å². The van der Waals surface area contributed by atoms with Crippen LogP contribution >= 0.6 is 0 Å². The number of pyridine rings is 1. The molecule has 0 saturated carbocycles. The Balaban J connectivity index is 1.42. The number of halogens is 3. The Morgan fingerprint density at radius 2 is 1.81 bits per heavy atom. The van der Waals surface area contributed by atoms with Crippen molar-refractivity contribution in [2.75, 3.05) is 0 Å². The van der Waals surface area contributed by atoms with Crippen LogP contribution < -0.4 is 0 Å². The van der Waals surface area contributed by atoms with Crippen molar-refractivity contribution in [3.05, 3.63) is 84.2 Å². The summed E-state index contributed by atoms with van der Waals surface area (Å²) in [4.78, 5) is 13.1. The van der Waals surface area contributed by atoms with Gasteiger partial charge in [0, 0.05) is 29.8 Å². The smallest absolute Gasteiger partial charge is 0.264 e. The molecule has 5 rings (SSSR count). The van der Waals surface area contributed by atoms with Crippen molar-refractivity contribution in [3.8, 4) is 17.1 Å². The molecule has 32 heavy (non-hydrogen) atoms. The molecule has 0 unspecified atom stereocenters. The van der Waals surface area contributed by atoms with Crippen molar-refractivity contribution >= 4 is 11.0 Å². The molecule has 4 heterocycles. The van der Waals surface area contributed by atoms with Gasteiger partial charge in [0.15, 0.2) is 17.2 Å². The SMILES string of the molecule is Cc1cc(C(F)(F)F)nn1-c1ccc(Cn2ncc3cnc(-c4cccnc4)nc32)cc1. The van der Waals surface area contributed by atoms with Crippen molar-refractivity contribution in [3.63, 3.8) is 0 Å². The van der Waals surface area contributed by atoms with E-state index in [0.29, 0.717) is 29.4 Å². The van der Waals surface area contributed by atoms with Crippen molar-refractivity contribution in [2.45, 2.75) is 19.6 Å². The summed E-state index contributed by atoms with van der Waals surface area (Å²) >= 11 is 0. The van der Waals surface area contributed by atoms with E-state index in [-0.39, 0.29) is 0 Å². The minimum Gasteiger partial charge on any atom is -0.264 e. The highest BCUT2D eigenvalue weighted by atomic mass is 19.4. The molecule has 4 aromatic heterocycles. The number of fused-ring (bicyclic) bond motifs is 1. The molecule has 0 radical (unpaired) electrons. The molecule has 0 N–H and O–H groups in total. The van der Waals surface area contributed by atoms with Gasteiger partial charge >= 0.3 is 6.18 Å². The van der Waals surface area contributed by atoms with Crippen LogP contribution in [0.1, 0.15) is 17.0 Å². The summed E-state index contributed by atoms with van der Waals surface area (Å²) in [5.74, 6) is 0.553. The van der Waals surface area contributed by atoms with Crippen LogP contribution in [-0.2, 0) is 12.7 Å². The number of hydrogen-bond acceptors (Lipinski definition) is 5. The minimum atomic E-state index is -4.48. The molecule has 0 fully saturated rings. The van der Waals surface area contributed by atoms with Crippen molar-refractivity contribution in [1.29, 1.82) is 0 Å². The zero-order valence-corrected chi connectivity index (χ0v) is 16.8. The Hall–Kier alpha value is -4.08. The lowest BCUT2D eigenvalue weighted by Crippen LogP contribution is -2.07. The predicted octanol–water partition coefficient (Wildman–Crippen LogP) is 4.45. The predicted molar refractivity (Wildman–Crippen MR) is 111 cm³/mol. The molecule has 5 aromatic rings. The third-order valence-electron chi connectivity index (χ3n) is 4.99. The van der Waals surface area contributed by atoms with Crippen LogP contribution in [0.15, 0.2) is 67.3 Å². The Bertz CT molecular complexity index is 1390. The van der Waals surface area contributed by atoms with Gasteiger partial charge in [-0.25, -0.2) is 19.3 Å². The first-order chi connectivity index (χ1) is 15.4. The van der Waals surface area contributed by atoms with Crippen LogP contribution in [0.2, 0.25) is 0 Å². The van der Waals surface area contributed by atoms with Crippen molar-refractivity contribution in [1.82, 2.24) is 34.5 Å². The molecule has 0 aliphatic heterocycles. The van der Waals surface area contributed by atoms with Crippen LogP contribution in [0.4, 0.5) is 13.2 Å². The lowest BCUT2D eigenvalue weighted by atomic mass is 10.2. The van der Waals surface area contributed by atoms with E-state index in [1.165, 1.54) is 4.68 Å². The molecule has 10 heteroatoms. The summed E-state index contributed by atoms with van der Waals surface area (Å²) in [6, 6.07) is 11.9. The van der Waals surface area contributed by atoms with E-state index in [0.717, 1.165) is 22.6 Å². The quantitative estimate of drug-likeness (QED) is 0.417. The molecule has 0 aliphatic rings. The normalized spacial score (nSPS) is 11.9. The molecule has 0 atom stereocenters. The van der Waals surface area contributed by atoms with E-state index in [9.17, 15) is 13.2 Å². The fourth-order valence-corrected chi connectivity index (χ4v) is 3.41. The molecule has 7 nitrogen and oxygen atoms in total. The molecule has 1 aromatic carbocycles. The number of benzene rings is 1. The van der Waals surface area contributed by atoms with Gasteiger partial charge in [0.05, 0.1) is 23.8 Å². The average molecular weight is 435 g/mol. The van der Waals surface area contributed by atoms with E-state index in [2.05, 4.69) is 25.1 Å². The fraction of sp³-hybridized carbons (Fsp3) is 0.136. The summed E-state index contributed by atoms with van der Waals surface area (Å²) in [6.07, 6.45) is 2.32. The third-order valence-corrected chi connectivity index (χ3v) is 4.99. The Morgan fingerprint density at radius 3 is 2.50 bits per heavy atom. The van der Waals surface area contributed by atoms with E-state index in [1.54, 1.807) is 48.5 Å². The van der Waals surface area contributed by atoms with E-state index in [1.807, 2.05) is 24.3 Å². The van der Waals surface area contributed by atoms with Crippen LogP contribution in [0, 0.1) is 6.92 Å². The maximum atomic E-state index is 12.9. The van der Waals surface area contributed by atoms with Gasteiger partial charge in [-0.3, -0.25) is 4.98 Å². The van der Waals surface area contributed by atoms with Crippen molar-refractivity contribution < 1.29 is 13.2 Å². The maximum absolute atomic E-state index is 12.9. The van der Waals surface area contributed by atoms with Gasteiger partial charge in [-0.1, -0.05) is 12.1 Å². The van der Waals surface area contributed by atoms with E-state index < -0.39 is 11.9 Å². The molecule has 0 amide bonds. The second-order valence-corrected chi connectivity index (χ2v) is 7.26. The topological polar surface area (TPSA) is 74.3 Å². The lowest BCUT2D eigenvalue weighted by molar-refractivity contribution is -0.141. The summed E-state index contributed by atoms with van der Waals surface area (Å²) in [7, 11) is 0. The number of hydrogen-bond donors (Lipinski definition) is 0. The maximum Gasteiger partial charge on any atom is 0.435 e. The minimum absolute atomic E-state index is 0.405. The highest BCUT2D eigenvalue weighted by molar-refractivity contribution is 5.75. The van der Waals surface area contributed by atoms with Gasteiger partial charge in [0.25, 0.3) is 0 Å². The number of aromatic nitrogens is 7. The Morgan fingerprint density at radius 1 is 1.00 bits per heavy atom. The van der Waals surface area contributed by atoms with Crippen LogP contribution in [0.3, 0.4) is 0 Å². The molecular weight excluding hydrogens is 419 g/mol. The molecule has 160 valence electrons. The van der Waals surface area contributed by atoms with Crippen LogP contribution in [0.25, 0.3) is 28.1 Å². The number of alkyl halides is 3. The highest BCUT2D eigenvalue weighted by Gasteiger charge is 2.34. The monoisotopic (exact) mass is 435 g/mol. The van der Waals surface area contributed by atoms with E-state index in [4.69, 9.17) is 0 Å². The zero-order valence-electron chi connectivity index (χ0n) is 16.8. The third kappa shape index (κ3) is 3.70. The Kier molecular flexibility index (Phi) is 4.69. The van der Waals surface area contributed by atoms with Gasteiger partial charge in [-0.2, -0.15) is 23.4 Å². The number of nitrogens with zero attached hydrogens (tertiary/aromatic N) is 7. The highest BCUT2D eigenvalue weighted by Crippen LogP contribution is 2.29. The first kappa shape index (κ1) is 19.9. The largest absolute Gasteiger partial charge is 0.435 e. The molecule has 0 aliphatic carbocycles. The second kappa shape index (κ2) is 7.56. The standard InChI is InChI=1S/C22H16F3N7/c1-14-9-19(22(23,24)25)30-32(14)18-6-4-15(5-7-18)13-31-21-17(12-28-31)11-27-20(29-21)16-3-2-8-26-10-16/h2-12H,13H2,1H3. The van der Waals surface area contributed by atoms with E-state index >= 15 is 0 Å².